The molecule has 6 aromatic rings. The molecule has 9 nitrogen and oxygen atoms in total. The number of ether oxygens (including phenoxy) is 2. The fraction of sp³-hybridized carbons (Fsp3) is 0.162. The number of nitrogens with zero attached hydrogens (tertiary/aromatic N) is 4. The molecular formula is C37H31BrN4O5. The molecule has 0 saturated heterocycles. The molecule has 0 aliphatic carbocycles. The van der Waals surface area contributed by atoms with Gasteiger partial charge in [-0.1, -0.05) is 68.4 Å². The summed E-state index contributed by atoms with van der Waals surface area (Å²) in [5.41, 5.74) is 3.75. The largest absolute Gasteiger partial charge is 0.496 e. The number of nitro benzene ring substituents is 1. The molecule has 0 radical (unpaired) electrons. The lowest BCUT2D eigenvalue weighted by Crippen LogP contribution is -2.20. The Labute approximate surface area is 279 Å². The minimum absolute atomic E-state index is 0.0976. The second-order valence-corrected chi connectivity index (χ2v) is 12.3. The number of fused-ring (bicyclic) bond motifs is 2. The van der Waals surface area contributed by atoms with E-state index in [0.717, 1.165) is 38.8 Å². The summed E-state index contributed by atoms with van der Waals surface area (Å²) in [6.45, 7) is 6.19. The van der Waals surface area contributed by atoms with Crippen LogP contribution in [0, 0.1) is 17.0 Å². The van der Waals surface area contributed by atoms with E-state index in [1.807, 2.05) is 67.6 Å². The fourth-order valence-electron chi connectivity index (χ4n) is 5.62. The lowest BCUT2D eigenvalue weighted by molar-refractivity contribution is -0.386. The maximum Gasteiger partial charge on any atom is 0.312 e. The highest BCUT2D eigenvalue weighted by atomic mass is 79.9. The van der Waals surface area contributed by atoms with Crippen LogP contribution in [0.5, 0.6) is 11.5 Å². The molecule has 6 rings (SSSR count). The van der Waals surface area contributed by atoms with Crippen molar-refractivity contribution in [2.45, 2.75) is 33.3 Å². The van der Waals surface area contributed by atoms with Gasteiger partial charge in [-0.2, -0.15) is 9.78 Å². The molecule has 47 heavy (non-hydrogen) atoms. The fourth-order valence-corrected chi connectivity index (χ4v) is 6.20. The Morgan fingerprint density at radius 2 is 1.72 bits per heavy atom. The van der Waals surface area contributed by atoms with Crippen molar-refractivity contribution in [3.05, 3.63) is 138 Å². The molecule has 0 atom stereocenters. The molecule has 0 saturated carbocycles. The molecule has 0 spiro atoms. The Kier molecular flexibility index (Phi) is 8.86. The molecule has 10 heteroatoms. The topological polar surface area (TPSA) is 109 Å². The summed E-state index contributed by atoms with van der Waals surface area (Å²) in [5, 5.41) is 19.2. The second-order valence-electron chi connectivity index (χ2n) is 11.4. The highest BCUT2D eigenvalue weighted by Gasteiger charge is 2.22. The average Bonchev–Trinajstić information content (AvgIpc) is 3.06. The van der Waals surface area contributed by atoms with Crippen molar-refractivity contribution in [1.82, 2.24) is 9.66 Å². The molecule has 1 aromatic heterocycles. The molecule has 0 bridgehead atoms. The molecule has 0 fully saturated rings. The van der Waals surface area contributed by atoms with E-state index in [2.05, 4.69) is 34.9 Å². The summed E-state index contributed by atoms with van der Waals surface area (Å²) in [6, 6.07) is 27.8. The molecule has 0 unspecified atom stereocenters. The monoisotopic (exact) mass is 690 g/mol. The molecule has 0 aliphatic heterocycles. The molecule has 236 valence electrons. The third-order valence-corrected chi connectivity index (χ3v) is 8.60. The summed E-state index contributed by atoms with van der Waals surface area (Å²) in [5.74, 6) is 1.34. The lowest BCUT2D eigenvalue weighted by atomic mass is 9.96. The third-order valence-electron chi connectivity index (χ3n) is 8.01. The predicted octanol–water partition coefficient (Wildman–Crippen LogP) is 8.79. The number of nitro groups is 1. The smallest absolute Gasteiger partial charge is 0.312 e. The van der Waals surface area contributed by atoms with E-state index in [1.54, 1.807) is 31.4 Å². The number of methoxy groups -OCH3 is 1. The highest BCUT2D eigenvalue weighted by molar-refractivity contribution is 9.10. The van der Waals surface area contributed by atoms with E-state index in [1.165, 1.54) is 17.0 Å². The van der Waals surface area contributed by atoms with Crippen LogP contribution in [-0.2, 0) is 6.61 Å². The van der Waals surface area contributed by atoms with Crippen molar-refractivity contribution in [3.63, 3.8) is 0 Å². The zero-order chi connectivity index (χ0) is 33.2. The van der Waals surface area contributed by atoms with Crippen molar-refractivity contribution in [3.8, 4) is 22.9 Å². The maximum atomic E-state index is 13.9. The van der Waals surface area contributed by atoms with Gasteiger partial charge < -0.3 is 9.47 Å². The molecule has 0 amide bonds. The van der Waals surface area contributed by atoms with Crippen molar-refractivity contribution < 1.29 is 14.4 Å². The van der Waals surface area contributed by atoms with Gasteiger partial charge in [0.2, 0.25) is 5.75 Å². The van der Waals surface area contributed by atoms with Gasteiger partial charge in [-0.25, -0.2) is 4.98 Å². The Balaban J connectivity index is 1.43. The van der Waals surface area contributed by atoms with Crippen LogP contribution < -0.4 is 15.0 Å². The van der Waals surface area contributed by atoms with Crippen LogP contribution in [0.25, 0.3) is 33.1 Å². The van der Waals surface area contributed by atoms with Gasteiger partial charge in [0, 0.05) is 17.2 Å². The van der Waals surface area contributed by atoms with Crippen molar-refractivity contribution >= 4 is 49.5 Å². The standard InChI is InChI=1S/C37H31BrN4O5/c1-22(2)29-19-30(23(3)16-34(29)46-4)36-40-32-15-8-7-14-28(32)37(43)41(36)39-20-24-17-31(38)35(33(18-24)42(44)45)47-21-26-12-9-11-25-10-5-6-13-27(25)26/h5-20,22H,21H2,1-4H3. The van der Waals surface area contributed by atoms with E-state index >= 15 is 0 Å². The van der Waals surface area contributed by atoms with Crippen LogP contribution in [-0.4, -0.2) is 27.9 Å². The average molecular weight is 692 g/mol. The van der Waals surface area contributed by atoms with Crippen molar-refractivity contribution in [2.75, 3.05) is 7.11 Å². The Bertz CT molecular complexity index is 2260. The van der Waals surface area contributed by atoms with E-state index in [4.69, 9.17) is 14.5 Å². The van der Waals surface area contributed by atoms with Gasteiger partial charge in [0.1, 0.15) is 12.4 Å². The van der Waals surface area contributed by atoms with Crippen molar-refractivity contribution in [2.24, 2.45) is 5.10 Å². The first-order valence-corrected chi connectivity index (χ1v) is 15.8. The number of rotatable bonds is 9. The molecular weight excluding hydrogens is 660 g/mol. The van der Waals surface area contributed by atoms with Crippen LogP contribution in [0.2, 0.25) is 0 Å². The maximum absolute atomic E-state index is 13.9. The van der Waals surface area contributed by atoms with Gasteiger partial charge in [0.05, 0.1) is 33.6 Å². The second kappa shape index (κ2) is 13.2. The Morgan fingerprint density at radius 3 is 2.47 bits per heavy atom. The zero-order valence-electron chi connectivity index (χ0n) is 26.2. The summed E-state index contributed by atoms with van der Waals surface area (Å²) in [7, 11) is 1.63. The molecule has 5 aromatic carbocycles. The van der Waals surface area contributed by atoms with E-state index in [0.29, 0.717) is 26.8 Å². The molecule has 1 heterocycles. The van der Waals surface area contributed by atoms with Gasteiger partial charge >= 0.3 is 5.69 Å². The predicted molar refractivity (Wildman–Crippen MR) is 189 cm³/mol. The van der Waals surface area contributed by atoms with E-state index in [-0.39, 0.29) is 29.5 Å². The summed E-state index contributed by atoms with van der Waals surface area (Å²) in [6.07, 6.45) is 1.41. The number of halogens is 1. The minimum atomic E-state index is -0.496. The number of aromatic nitrogens is 2. The van der Waals surface area contributed by atoms with Crippen LogP contribution in [0.3, 0.4) is 0 Å². The number of hydrogen-bond donors (Lipinski definition) is 0. The first-order valence-electron chi connectivity index (χ1n) is 15.0. The number of aryl methyl sites for hydroxylation is 1. The summed E-state index contributed by atoms with van der Waals surface area (Å²) < 4.78 is 13.3. The van der Waals surface area contributed by atoms with Crippen LogP contribution in [0.15, 0.2) is 105 Å². The Hall–Kier alpha value is -5.35. The zero-order valence-corrected chi connectivity index (χ0v) is 27.8. The normalized spacial score (nSPS) is 11.5. The molecule has 0 aliphatic rings. The van der Waals surface area contributed by atoms with Crippen LogP contribution in [0.1, 0.15) is 42.0 Å². The first-order chi connectivity index (χ1) is 22.7. The summed E-state index contributed by atoms with van der Waals surface area (Å²) in [4.78, 5) is 30.4. The van der Waals surface area contributed by atoms with E-state index in [9.17, 15) is 14.9 Å². The minimum Gasteiger partial charge on any atom is -0.496 e. The number of para-hydroxylation sites is 1. The third kappa shape index (κ3) is 6.24. The summed E-state index contributed by atoms with van der Waals surface area (Å²) >= 11 is 3.47. The molecule has 0 N–H and O–H groups in total. The quantitative estimate of drug-likeness (QED) is 0.0852. The van der Waals surface area contributed by atoms with Crippen LogP contribution >= 0.6 is 15.9 Å². The van der Waals surface area contributed by atoms with Gasteiger partial charge in [-0.15, -0.1) is 0 Å². The van der Waals surface area contributed by atoms with Gasteiger partial charge in [-0.05, 0) is 86.6 Å². The number of benzene rings is 5. The SMILES string of the molecule is COc1cc(C)c(-c2nc3ccccc3c(=O)n2N=Cc2cc(Br)c(OCc3cccc4ccccc34)c([N+](=O)[O-])c2)cc1C(C)C. The highest BCUT2D eigenvalue weighted by Crippen LogP contribution is 2.38. The van der Waals surface area contributed by atoms with Crippen molar-refractivity contribution in [1.29, 1.82) is 0 Å². The van der Waals surface area contributed by atoms with E-state index < -0.39 is 4.92 Å². The first kappa shape index (κ1) is 31.6. The number of hydrogen-bond acceptors (Lipinski definition) is 7. The van der Waals surface area contributed by atoms with Gasteiger partial charge in [0.25, 0.3) is 5.56 Å². The lowest BCUT2D eigenvalue weighted by Gasteiger charge is -2.17. The van der Waals surface area contributed by atoms with Gasteiger partial charge in [-0.3, -0.25) is 14.9 Å². The van der Waals surface area contributed by atoms with Crippen LogP contribution in [0.4, 0.5) is 5.69 Å². The van der Waals surface area contributed by atoms with Gasteiger partial charge in [0.15, 0.2) is 5.82 Å². The Morgan fingerprint density at radius 1 is 1.00 bits per heavy atom.